The lowest BCUT2D eigenvalue weighted by Gasteiger charge is -2.16. The highest BCUT2D eigenvalue weighted by atomic mass is 32.2. The van der Waals surface area contributed by atoms with Gasteiger partial charge in [-0.25, -0.2) is 4.39 Å². The molecular weight excluding hydrogens is 291 g/mol. The van der Waals surface area contributed by atoms with Crippen LogP contribution in [0.1, 0.15) is 37.4 Å². The molecule has 21 heavy (non-hydrogen) atoms. The molecule has 1 aliphatic heterocycles. The second-order valence-corrected chi connectivity index (χ2v) is 6.97. The van der Waals surface area contributed by atoms with E-state index in [2.05, 4.69) is 15.6 Å². The van der Waals surface area contributed by atoms with Crippen molar-refractivity contribution in [3.63, 3.8) is 0 Å². The molecule has 0 spiro atoms. The van der Waals surface area contributed by atoms with Crippen molar-refractivity contribution in [2.24, 2.45) is 0 Å². The van der Waals surface area contributed by atoms with Gasteiger partial charge in [0.1, 0.15) is 16.9 Å². The van der Waals surface area contributed by atoms with Gasteiger partial charge >= 0.3 is 0 Å². The minimum Gasteiger partial charge on any atom is -0.303 e. The number of rotatable bonds is 1. The maximum atomic E-state index is 13.0. The monoisotopic (exact) mass is 306 g/mol. The lowest BCUT2D eigenvalue weighted by atomic mass is 9.93. The summed E-state index contributed by atoms with van der Waals surface area (Å²) in [7, 11) is 0. The number of fused-ring (bicyclic) bond motifs is 1. The van der Waals surface area contributed by atoms with Crippen molar-refractivity contribution in [3.8, 4) is 0 Å². The molecule has 7 heteroatoms. The lowest BCUT2D eigenvalue weighted by molar-refractivity contribution is 0.517. The molecule has 1 N–H and O–H groups in total. The van der Waals surface area contributed by atoms with E-state index in [0.29, 0.717) is 10.9 Å². The largest absolute Gasteiger partial charge is 0.303 e. The minimum atomic E-state index is -0.369. The van der Waals surface area contributed by atoms with E-state index in [4.69, 9.17) is 0 Å². The second kappa shape index (κ2) is 4.84. The fraction of sp³-hybridized carbons (Fsp3) is 0.357. The third kappa shape index (κ3) is 2.53. The highest BCUT2D eigenvalue weighted by Crippen LogP contribution is 2.36. The number of aromatic nitrogens is 3. The van der Waals surface area contributed by atoms with Crippen molar-refractivity contribution in [2.45, 2.75) is 36.7 Å². The number of hydrogen-bond donors (Lipinski definition) is 1. The van der Waals surface area contributed by atoms with Crippen LogP contribution in [0.4, 0.5) is 4.39 Å². The standard InChI is InChI=1S/C14H15FN4OS/c1-14(2,3)10-12(20)19-13(17-16-10)21-11(18-19)8-4-6-9(15)7-5-8/h4-7,11,18H,1-3H3. The van der Waals surface area contributed by atoms with Crippen molar-refractivity contribution in [1.82, 2.24) is 14.9 Å². The number of halogens is 1. The molecule has 1 aliphatic rings. The Morgan fingerprint density at radius 1 is 1.24 bits per heavy atom. The van der Waals surface area contributed by atoms with E-state index in [0.717, 1.165) is 5.56 Å². The Morgan fingerprint density at radius 3 is 2.52 bits per heavy atom. The maximum Gasteiger partial charge on any atom is 0.295 e. The van der Waals surface area contributed by atoms with Gasteiger partial charge in [0.25, 0.3) is 5.56 Å². The molecular formula is C14H15FN4OS. The summed E-state index contributed by atoms with van der Waals surface area (Å²) in [5.74, 6) is -0.286. The van der Waals surface area contributed by atoms with Crippen LogP contribution in [-0.4, -0.2) is 14.9 Å². The molecule has 0 amide bonds. The van der Waals surface area contributed by atoms with E-state index in [1.807, 2.05) is 20.8 Å². The van der Waals surface area contributed by atoms with Gasteiger partial charge < -0.3 is 5.43 Å². The van der Waals surface area contributed by atoms with E-state index in [1.54, 1.807) is 12.1 Å². The van der Waals surface area contributed by atoms with E-state index in [-0.39, 0.29) is 22.2 Å². The number of nitrogens with one attached hydrogen (secondary N) is 1. The molecule has 2 heterocycles. The summed E-state index contributed by atoms with van der Waals surface area (Å²) in [5.41, 5.74) is 3.83. The van der Waals surface area contributed by atoms with Crippen molar-refractivity contribution in [1.29, 1.82) is 0 Å². The number of nitrogens with zero attached hydrogens (tertiary/aromatic N) is 3. The molecule has 2 aromatic rings. The number of thioether (sulfide) groups is 1. The van der Waals surface area contributed by atoms with Gasteiger partial charge in [-0.1, -0.05) is 44.7 Å². The molecule has 1 unspecified atom stereocenters. The van der Waals surface area contributed by atoms with Gasteiger partial charge in [0, 0.05) is 5.41 Å². The first-order chi connectivity index (χ1) is 9.86. The summed E-state index contributed by atoms with van der Waals surface area (Å²) in [6, 6.07) is 6.18. The average molecular weight is 306 g/mol. The molecule has 0 aliphatic carbocycles. The van der Waals surface area contributed by atoms with Crippen LogP contribution >= 0.6 is 11.8 Å². The predicted molar refractivity (Wildman–Crippen MR) is 79.4 cm³/mol. The second-order valence-electron chi connectivity index (χ2n) is 5.90. The fourth-order valence-corrected chi connectivity index (χ4v) is 3.05. The summed E-state index contributed by atoms with van der Waals surface area (Å²) in [5, 5.41) is 8.52. The Kier molecular flexibility index (Phi) is 3.24. The maximum absolute atomic E-state index is 13.0. The van der Waals surface area contributed by atoms with Gasteiger partial charge in [-0.15, -0.1) is 10.2 Å². The minimum absolute atomic E-state index is 0.178. The first-order valence-corrected chi connectivity index (χ1v) is 7.43. The average Bonchev–Trinajstić information content (AvgIpc) is 2.83. The van der Waals surface area contributed by atoms with E-state index < -0.39 is 0 Å². The third-order valence-electron chi connectivity index (χ3n) is 3.19. The van der Waals surface area contributed by atoms with Gasteiger partial charge in [0.2, 0.25) is 5.16 Å². The summed E-state index contributed by atoms with van der Waals surface area (Å²) < 4.78 is 14.4. The predicted octanol–water partition coefficient (Wildman–Crippen LogP) is 2.42. The lowest BCUT2D eigenvalue weighted by Crippen LogP contribution is -2.36. The van der Waals surface area contributed by atoms with Gasteiger partial charge in [0.05, 0.1) is 0 Å². The molecule has 1 aromatic carbocycles. The van der Waals surface area contributed by atoms with Gasteiger partial charge in [-0.2, -0.15) is 4.68 Å². The van der Waals surface area contributed by atoms with Gasteiger partial charge in [-0.3, -0.25) is 4.79 Å². The molecule has 0 radical (unpaired) electrons. The number of hydrogen-bond acceptors (Lipinski definition) is 5. The zero-order chi connectivity index (χ0) is 15.2. The van der Waals surface area contributed by atoms with Crippen LogP contribution in [-0.2, 0) is 5.41 Å². The zero-order valence-corrected chi connectivity index (χ0v) is 12.7. The topological polar surface area (TPSA) is 59.8 Å². The highest BCUT2D eigenvalue weighted by molar-refractivity contribution is 7.99. The Balaban J connectivity index is 1.96. The fourth-order valence-electron chi connectivity index (χ4n) is 2.06. The van der Waals surface area contributed by atoms with Crippen molar-refractivity contribution in [3.05, 3.63) is 51.7 Å². The summed E-state index contributed by atoms with van der Waals surface area (Å²) in [6.07, 6.45) is 0. The molecule has 0 saturated heterocycles. The molecule has 5 nitrogen and oxygen atoms in total. The quantitative estimate of drug-likeness (QED) is 0.877. The van der Waals surface area contributed by atoms with E-state index >= 15 is 0 Å². The Labute approximate surface area is 125 Å². The molecule has 0 fully saturated rings. The van der Waals surface area contributed by atoms with Gasteiger partial charge in [-0.05, 0) is 17.7 Å². The molecule has 0 saturated carbocycles. The third-order valence-corrected chi connectivity index (χ3v) is 4.27. The Morgan fingerprint density at radius 2 is 1.90 bits per heavy atom. The molecule has 1 aromatic heterocycles. The van der Waals surface area contributed by atoms with E-state index in [1.165, 1.54) is 28.6 Å². The molecule has 0 bridgehead atoms. The van der Waals surface area contributed by atoms with Crippen LogP contribution in [0.5, 0.6) is 0 Å². The first kappa shape index (κ1) is 14.1. The highest BCUT2D eigenvalue weighted by Gasteiger charge is 2.30. The first-order valence-electron chi connectivity index (χ1n) is 6.55. The number of benzene rings is 1. The molecule has 1 atom stereocenters. The van der Waals surface area contributed by atoms with Gasteiger partial charge in [0.15, 0.2) is 0 Å². The van der Waals surface area contributed by atoms with Crippen LogP contribution in [0.15, 0.2) is 34.2 Å². The van der Waals surface area contributed by atoms with Crippen LogP contribution in [0.3, 0.4) is 0 Å². The SMILES string of the molecule is CC(C)(C)c1nnc2n(c1=O)NC(c1ccc(F)cc1)S2. The normalized spacial score (nSPS) is 17.4. The molecule has 110 valence electrons. The molecule has 3 rings (SSSR count). The Hall–Kier alpha value is -1.89. The van der Waals surface area contributed by atoms with Crippen molar-refractivity contribution in [2.75, 3.05) is 5.43 Å². The zero-order valence-electron chi connectivity index (χ0n) is 11.9. The van der Waals surface area contributed by atoms with Crippen LogP contribution in [0.25, 0.3) is 0 Å². The van der Waals surface area contributed by atoms with Crippen molar-refractivity contribution >= 4 is 11.8 Å². The van der Waals surface area contributed by atoms with Crippen molar-refractivity contribution < 1.29 is 4.39 Å². The van der Waals surface area contributed by atoms with Crippen LogP contribution in [0.2, 0.25) is 0 Å². The van der Waals surface area contributed by atoms with E-state index in [9.17, 15) is 9.18 Å². The Bertz CT molecular complexity index is 736. The summed E-state index contributed by atoms with van der Waals surface area (Å²) in [6.45, 7) is 5.76. The van der Waals surface area contributed by atoms with Crippen LogP contribution < -0.4 is 11.0 Å². The smallest absolute Gasteiger partial charge is 0.295 e. The summed E-state index contributed by atoms with van der Waals surface area (Å²) in [4.78, 5) is 12.5. The summed E-state index contributed by atoms with van der Waals surface area (Å²) >= 11 is 1.38. The van der Waals surface area contributed by atoms with Crippen LogP contribution in [0, 0.1) is 5.82 Å².